The Bertz CT molecular complexity index is 3680. The van der Waals surface area contributed by atoms with Crippen molar-refractivity contribution in [3.63, 3.8) is 0 Å². The van der Waals surface area contributed by atoms with Crippen molar-refractivity contribution in [2.75, 3.05) is 4.90 Å². The summed E-state index contributed by atoms with van der Waals surface area (Å²) in [7, 11) is 0. The standard InChI is InChI=1S/C63H43N3/c1-6-18-44(19-7-1)45-30-32-51(33-31-45)65(53-34-36-55-54-28-16-17-29-58(54)63(59(55)42-53,47-20-8-2-9-21-47)48-22-10-3-11-23-48)52-35-37-60-57(41-52)56-40-46-38-39-64(49-24-12-4-13-25-49)61(46)43-62(56)66(60)50-26-14-5-15-27-50/h1-43H. The maximum Gasteiger partial charge on any atom is 0.0714 e. The molecule has 0 bridgehead atoms. The second-order valence-electron chi connectivity index (χ2n) is 17.3. The minimum atomic E-state index is -0.526. The second-order valence-corrected chi connectivity index (χ2v) is 17.3. The molecule has 0 radical (unpaired) electrons. The lowest BCUT2D eigenvalue weighted by Gasteiger charge is -2.35. The maximum absolute atomic E-state index is 2.47. The second kappa shape index (κ2) is 15.3. The average Bonchev–Trinajstić information content (AvgIpc) is 4.05. The van der Waals surface area contributed by atoms with E-state index in [4.69, 9.17) is 0 Å². The van der Waals surface area contributed by atoms with E-state index in [0.717, 1.165) is 34.0 Å². The van der Waals surface area contributed by atoms with Gasteiger partial charge in [-0.2, -0.15) is 0 Å². The van der Waals surface area contributed by atoms with Crippen molar-refractivity contribution in [3.05, 3.63) is 283 Å². The van der Waals surface area contributed by atoms with Gasteiger partial charge in [0.15, 0.2) is 0 Å². The molecule has 2 aromatic heterocycles. The third-order valence-electron chi connectivity index (χ3n) is 13.8. The molecule has 3 nitrogen and oxygen atoms in total. The normalized spacial score (nSPS) is 12.7. The maximum atomic E-state index is 2.47. The zero-order valence-corrected chi connectivity index (χ0v) is 36.2. The molecule has 0 atom stereocenters. The minimum absolute atomic E-state index is 0.526. The number of anilines is 3. The molecule has 12 aromatic rings. The smallest absolute Gasteiger partial charge is 0.0714 e. The first-order valence-corrected chi connectivity index (χ1v) is 22.8. The lowest BCUT2D eigenvalue weighted by atomic mass is 9.67. The number of benzene rings is 10. The van der Waals surface area contributed by atoms with Crippen LogP contribution in [0.1, 0.15) is 22.3 Å². The van der Waals surface area contributed by atoms with Gasteiger partial charge in [0.05, 0.1) is 22.0 Å². The van der Waals surface area contributed by atoms with Crippen LogP contribution in [0.2, 0.25) is 0 Å². The van der Waals surface area contributed by atoms with Gasteiger partial charge >= 0.3 is 0 Å². The number of para-hydroxylation sites is 2. The Kier molecular flexibility index (Phi) is 8.75. The summed E-state index contributed by atoms with van der Waals surface area (Å²) in [4.78, 5) is 2.45. The van der Waals surface area contributed by atoms with Crippen molar-refractivity contribution in [2.45, 2.75) is 5.41 Å². The van der Waals surface area contributed by atoms with E-state index in [1.807, 2.05) is 0 Å². The van der Waals surface area contributed by atoms with Crippen LogP contribution in [0, 0.1) is 0 Å². The summed E-state index contributed by atoms with van der Waals surface area (Å²) in [5, 5.41) is 3.61. The fourth-order valence-electron chi connectivity index (χ4n) is 10.9. The monoisotopic (exact) mass is 841 g/mol. The van der Waals surface area contributed by atoms with E-state index in [1.54, 1.807) is 0 Å². The van der Waals surface area contributed by atoms with Crippen LogP contribution >= 0.6 is 0 Å². The summed E-state index contributed by atoms with van der Waals surface area (Å²) >= 11 is 0. The Morgan fingerprint density at radius 3 is 1.56 bits per heavy atom. The summed E-state index contributed by atoms with van der Waals surface area (Å²) < 4.78 is 4.72. The molecule has 66 heavy (non-hydrogen) atoms. The van der Waals surface area contributed by atoms with Crippen LogP contribution in [0.4, 0.5) is 17.1 Å². The van der Waals surface area contributed by atoms with E-state index in [0.29, 0.717) is 0 Å². The van der Waals surface area contributed by atoms with E-state index in [1.165, 1.54) is 71.7 Å². The highest BCUT2D eigenvalue weighted by atomic mass is 15.1. The summed E-state index contributed by atoms with van der Waals surface area (Å²) in [5.74, 6) is 0. The van der Waals surface area contributed by atoms with Gasteiger partial charge in [0.25, 0.3) is 0 Å². The molecular weight excluding hydrogens is 799 g/mol. The van der Waals surface area contributed by atoms with Crippen molar-refractivity contribution in [3.8, 4) is 33.6 Å². The third-order valence-corrected chi connectivity index (χ3v) is 13.8. The van der Waals surface area contributed by atoms with Crippen molar-refractivity contribution >= 4 is 49.8 Å². The third kappa shape index (κ3) is 5.84. The largest absolute Gasteiger partial charge is 0.316 e. The highest BCUT2D eigenvalue weighted by molar-refractivity contribution is 6.14. The molecule has 10 aromatic carbocycles. The lowest BCUT2D eigenvalue weighted by molar-refractivity contribution is 0.768. The van der Waals surface area contributed by atoms with Gasteiger partial charge in [-0.15, -0.1) is 0 Å². The summed E-state index contributed by atoms with van der Waals surface area (Å²) in [6, 6.07) is 93.4. The molecule has 3 heteroatoms. The fourth-order valence-corrected chi connectivity index (χ4v) is 10.9. The van der Waals surface area contributed by atoms with Crippen LogP contribution in [0.5, 0.6) is 0 Å². The molecular formula is C63H43N3. The van der Waals surface area contributed by atoms with Gasteiger partial charge in [-0.25, -0.2) is 0 Å². The molecule has 2 heterocycles. The van der Waals surface area contributed by atoms with Crippen LogP contribution in [-0.2, 0) is 5.41 Å². The molecule has 13 rings (SSSR count). The Morgan fingerprint density at radius 2 is 0.864 bits per heavy atom. The van der Waals surface area contributed by atoms with Crippen molar-refractivity contribution in [2.24, 2.45) is 0 Å². The number of nitrogens with zero attached hydrogens (tertiary/aromatic N) is 3. The quantitative estimate of drug-likeness (QED) is 0.149. The zero-order chi connectivity index (χ0) is 43.6. The molecule has 0 saturated heterocycles. The zero-order valence-electron chi connectivity index (χ0n) is 36.2. The first-order valence-electron chi connectivity index (χ1n) is 22.8. The van der Waals surface area contributed by atoms with E-state index in [-0.39, 0.29) is 0 Å². The number of rotatable bonds is 8. The van der Waals surface area contributed by atoms with Crippen LogP contribution in [-0.4, -0.2) is 9.13 Å². The molecule has 0 unspecified atom stereocenters. The van der Waals surface area contributed by atoms with Gasteiger partial charge in [0, 0.05) is 50.8 Å². The van der Waals surface area contributed by atoms with Crippen LogP contribution in [0.3, 0.4) is 0 Å². The SMILES string of the molecule is c1ccc(-c2ccc(N(c3ccc4c(c3)C(c3ccccc3)(c3ccccc3)c3ccccc3-4)c3ccc4c(c3)c3cc5ccn(-c6ccccc6)c5cc3n4-c3ccccc3)cc2)cc1. The first kappa shape index (κ1) is 37.9. The van der Waals surface area contributed by atoms with Crippen molar-refractivity contribution in [1.82, 2.24) is 9.13 Å². The van der Waals surface area contributed by atoms with E-state index in [9.17, 15) is 0 Å². The van der Waals surface area contributed by atoms with Crippen molar-refractivity contribution < 1.29 is 0 Å². The Labute approximate surface area is 384 Å². The fraction of sp³-hybridized carbons (Fsp3) is 0.0159. The molecule has 0 N–H and O–H groups in total. The van der Waals surface area contributed by atoms with Gasteiger partial charge in [-0.1, -0.05) is 170 Å². The number of hydrogen-bond donors (Lipinski definition) is 0. The van der Waals surface area contributed by atoms with Crippen LogP contribution in [0.25, 0.3) is 66.3 Å². The number of aromatic nitrogens is 2. The molecule has 1 aliphatic rings. The highest BCUT2D eigenvalue weighted by Crippen LogP contribution is 2.57. The molecule has 0 spiro atoms. The van der Waals surface area contributed by atoms with Crippen LogP contribution < -0.4 is 4.90 Å². The Hall–Kier alpha value is -8.66. The molecule has 0 fully saturated rings. The topological polar surface area (TPSA) is 13.1 Å². The van der Waals surface area contributed by atoms with Crippen molar-refractivity contribution in [1.29, 1.82) is 0 Å². The summed E-state index contributed by atoms with van der Waals surface area (Å²) in [6.07, 6.45) is 2.19. The number of fused-ring (bicyclic) bond motifs is 7. The molecule has 310 valence electrons. The summed E-state index contributed by atoms with van der Waals surface area (Å²) in [6.45, 7) is 0. The van der Waals surface area contributed by atoms with Crippen LogP contribution in [0.15, 0.2) is 261 Å². The average molecular weight is 842 g/mol. The predicted molar refractivity (Wildman–Crippen MR) is 275 cm³/mol. The lowest BCUT2D eigenvalue weighted by Crippen LogP contribution is -2.28. The summed E-state index contributed by atoms with van der Waals surface area (Å²) in [5.41, 5.74) is 18.5. The molecule has 0 saturated carbocycles. The number of hydrogen-bond acceptors (Lipinski definition) is 1. The molecule has 0 aliphatic heterocycles. The minimum Gasteiger partial charge on any atom is -0.316 e. The van der Waals surface area contributed by atoms with E-state index < -0.39 is 5.41 Å². The first-order chi connectivity index (χ1) is 32.7. The predicted octanol–water partition coefficient (Wildman–Crippen LogP) is 16.2. The van der Waals surface area contributed by atoms with E-state index >= 15 is 0 Å². The van der Waals surface area contributed by atoms with Gasteiger partial charge < -0.3 is 14.0 Å². The van der Waals surface area contributed by atoms with Gasteiger partial charge in [0.1, 0.15) is 0 Å². The highest BCUT2D eigenvalue weighted by Gasteiger charge is 2.46. The van der Waals surface area contributed by atoms with Gasteiger partial charge in [0.2, 0.25) is 0 Å². The Morgan fingerprint density at radius 1 is 0.333 bits per heavy atom. The Balaban J connectivity index is 1.06. The van der Waals surface area contributed by atoms with E-state index in [2.05, 4.69) is 275 Å². The van der Waals surface area contributed by atoms with Gasteiger partial charge in [-0.3, -0.25) is 0 Å². The molecule has 1 aliphatic carbocycles. The molecule has 0 amide bonds. The van der Waals surface area contributed by atoms with Gasteiger partial charge in [-0.05, 0) is 129 Å².